The summed E-state index contributed by atoms with van der Waals surface area (Å²) in [5.41, 5.74) is 0.814. The molecule has 0 aliphatic heterocycles. The fourth-order valence-electron chi connectivity index (χ4n) is 2.44. The van der Waals surface area contributed by atoms with Crippen LogP contribution >= 0.6 is 11.6 Å². The van der Waals surface area contributed by atoms with Crippen LogP contribution < -0.4 is 4.74 Å². The van der Waals surface area contributed by atoms with Crippen LogP contribution in [-0.2, 0) is 0 Å². The van der Waals surface area contributed by atoms with Crippen LogP contribution in [0.5, 0.6) is 5.75 Å². The van der Waals surface area contributed by atoms with Gasteiger partial charge in [-0.15, -0.1) is 0 Å². The molecule has 0 spiro atoms. The molecule has 0 saturated heterocycles. The molecule has 0 aliphatic rings. The van der Waals surface area contributed by atoms with E-state index in [4.69, 9.17) is 16.3 Å². The highest BCUT2D eigenvalue weighted by Crippen LogP contribution is 2.29. The Morgan fingerprint density at radius 2 is 2.00 bits per heavy atom. The smallest absolute Gasteiger partial charge is 0.166 e. The molecule has 0 radical (unpaired) electrons. The lowest BCUT2D eigenvalue weighted by molar-refractivity contribution is 0.0951. The zero-order valence-electron chi connectivity index (χ0n) is 12.4. The first-order chi connectivity index (χ1) is 8.73. The molecule has 0 fully saturated rings. The quantitative estimate of drug-likeness (QED) is 0.711. The molecule has 1 aromatic carbocycles. The molecular formula is C16H23ClO2. The van der Waals surface area contributed by atoms with Crippen molar-refractivity contribution in [1.29, 1.82) is 0 Å². The molecule has 19 heavy (non-hydrogen) atoms. The van der Waals surface area contributed by atoms with Gasteiger partial charge in [-0.3, -0.25) is 4.79 Å². The fourth-order valence-corrected chi connectivity index (χ4v) is 2.61. The summed E-state index contributed by atoms with van der Waals surface area (Å²) in [4.78, 5) is 12.3. The predicted octanol–water partition coefficient (Wildman–Crippen LogP) is 4.99. The topological polar surface area (TPSA) is 26.3 Å². The summed E-state index contributed by atoms with van der Waals surface area (Å²) in [6, 6.07) is 5.16. The number of ketones is 1. The van der Waals surface area contributed by atoms with Crippen molar-refractivity contribution in [2.45, 2.75) is 40.5 Å². The van der Waals surface area contributed by atoms with Crippen molar-refractivity contribution >= 4 is 17.4 Å². The molecule has 0 saturated carbocycles. The molecule has 106 valence electrons. The van der Waals surface area contributed by atoms with Crippen LogP contribution in [0.2, 0.25) is 5.02 Å². The van der Waals surface area contributed by atoms with Crippen molar-refractivity contribution in [3.63, 3.8) is 0 Å². The third kappa shape index (κ3) is 5.23. The summed E-state index contributed by atoms with van der Waals surface area (Å²) in [7, 11) is 1.57. The highest BCUT2D eigenvalue weighted by Gasteiger charge is 2.20. The molecule has 0 N–H and O–H groups in total. The molecule has 1 rings (SSSR count). The lowest BCUT2D eigenvalue weighted by Gasteiger charge is -2.23. The van der Waals surface area contributed by atoms with E-state index in [9.17, 15) is 4.79 Å². The maximum Gasteiger partial charge on any atom is 0.166 e. The number of ether oxygens (including phenoxy) is 1. The maximum absolute atomic E-state index is 12.3. The SMILES string of the molecule is COc1ccc(Cl)cc1C(=O)CC(C)CC(C)(C)C. The van der Waals surface area contributed by atoms with Crippen LogP contribution in [-0.4, -0.2) is 12.9 Å². The van der Waals surface area contributed by atoms with Gasteiger partial charge in [-0.2, -0.15) is 0 Å². The molecule has 0 aliphatic carbocycles. The fraction of sp³-hybridized carbons (Fsp3) is 0.562. The highest BCUT2D eigenvalue weighted by molar-refractivity contribution is 6.31. The zero-order valence-corrected chi connectivity index (χ0v) is 13.2. The molecule has 1 atom stereocenters. The Balaban J connectivity index is 2.81. The van der Waals surface area contributed by atoms with E-state index in [1.54, 1.807) is 25.3 Å². The van der Waals surface area contributed by atoms with Crippen LogP contribution in [0.15, 0.2) is 18.2 Å². The Bertz CT molecular complexity index is 447. The van der Waals surface area contributed by atoms with E-state index in [1.807, 2.05) is 0 Å². The van der Waals surface area contributed by atoms with Crippen molar-refractivity contribution < 1.29 is 9.53 Å². The Morgan fingerprint density at radius 3 is 2.53 bits per heavy atom. The summed E-state index contributed by atoms with van der Waals surface area (Å²) < 4.78 is 5.22. The Hall–Kier alpha value is -1.02. The zero-order chi connectivity index (χ0) is 14.6. The van der Waals surface area contributed by atoms with Crippen molar-refractivity contribution in [1.82, 2.24) is 0 Å². The van der Waals surface area contributed by atoms with Crippen LogP contribution in [0.3, 0.4) is 0 Å². The second-order valence-corrected chi connectivity index (χ2v) is 6.78. The first-order valence-corrected chi connectivity index (χ1v) is 6.97. The lowest BCUT2D eigenvalue weighted by atomic mass is 9.83. The van der Waals surface area contributed by atoms with E-state index in [0.717, 1.165) is 6.42 Å². The summed E-state index contributed by atoms with van der Waals surface area (Å²) in [6.07, 6.45) is 1.54. The minimum Gasteiger partial charge on any atom is -0.496 e. The maximum atomic E-state index is 12.3. The van der Waals surface area contributed by atoms with Gasteiger partial charge in [-0.1, -0.05) is 39.3 Å². The molecule has 2 nitrogen and oxygen atoms in total. The van der Waals surface area contributed by atoms with E-state index >= 15 is 0 Å². The molecular weight excluding hydrogens is 260 g/mol. The van der Waals surface area contributed by atoms with Crippen LogP contribution in [0.1, 0.15) is 50.9 Å². The number of benzene rings is 1. The molecule has 1 unspecified atom stereocenters. The molecule has 0 amide bonds. The van der Waals surface area contributed by atoms with Gasteiger partial charge in [0.05, 0.1) is 12.7 Å². The van der Waals surface area contributed by atoms with Gasteiger partial charge in [0.15, 0.2) is 5.78 Å². The Labute approximate surface area is 121 Å². The normalized spacial score (nSPS) is 13.2. The van der Waals surface area contributed by atoms with Gasteiger partial charge in [0.25, 0.3) is 0 Å². The van der Waals surface area contributed by atoms with Crippen molar-refractivity contribution in [2.75, 3.05) is 7.11 Å². The van der Waals surface area contributed by atoms with Gasteiger partial charge < -0.3 is 4.74 Å². The molecule has 0 aromatic heterocycles. The second kappa shape index (κ2) is 6.42. The van der Waals surface area contributed by atoms with Crippen molar-refractivity contribution in [3.05, 3.63) is 28.8 Å². The summed E-state index contributed by atoms with van der Waals surface area (Å²) >= 11 is 5.95. The largest absolute Gasteiger partial charge is 0.496 e. The van der Waals surface area contributed by atoms with Crippen LogP contribution in [0, 0.1) is 11.3 Å². The Kier molecular flexibility index (Phi) is 5.42. The minimum atomic E-state index is 0.0936. The average molecular weight is 283 g/mol. The van der Waals surface area contributed by atoms with E-state index in [0.29, 0.717) is 28.7 Å². The first-order valence-electron chi connectivity index (χ1n) is 6.59. The average Bonchev–Trinajstić information content (AvgIpc) is 2.26. The van der Waals surface area contributed by atoms with E-state index in [1.165, 1.54) is 0 Å². The summed E-state index contributed by atoms with van der Waals surface area (Å²) in [6.45, 7) is 8.68. The molecule has 0 bridgehead atoms. The minimum absolute atomic E-state index is 0.0936. The highest BCUT2D eigenvalue weighted by atomic mass is 35.5. The summed E-state index contributed by atoms with van der Waals surface area (Å²) in [5.74, 6) is 1.03. The monoisotopic (exact) mass is 282 g/mol. The molecule has 1 aromatic rings. The van der Waals surface area contributed by atoms with Crippen LogP contribution in [0.4, 0.5) is 0 Å². The van der Waals surface area contributed by atoms with E-state index in [2.05, 4.69) is 27.7 Å². The van der Waals surface area contributed by atoms with Gasteiger partial charge in [0, 0.05) is 11.4 Å². The number of Topliss-reactive ketones (excluding diaryl/α,β-unsaturated/α-hetero) is 1. The predicted molar refractivity (Wildman–Crippen MR) is 80.2 cm³/mol. The number of methoxy groups -OCH3 is 1. The second-order valence-electron chi connectivity index (χ2n) is 6.34. The number of rotatable bonds is 5. The Morgan fingerprint density at radius 1 is 1.37 bits per heavy atom. The van der Waals surface area contributed by atoms with Crippen molar-refractivity contribution in [2.24, 2.45) is 11.3 Å². The summed E-state index contributed by atoms with van der Waals surface area (Å²) in [5, 5.41) is 0.563. The number of carbonyl (C=O) groups is 1. The lowest BCUT2D eigenvalue weighted by Crippen LogP contribution is -2.14. The van der Waals surface area contributed by atoms with E-state index < -0.39 is 0 Å². The third-order valence-electron chi connectivity index (χ3n) is 2.96. The third-order valence-corrected chi connectivity index (χ3v) is 3.19. The number of hydrogen-bond donors (Lipinski definition) is 0. The first kappa shape index (κ1) is 16.0. The van der Waals surface area contributed by atoms with Crippen molar-refractivity contribution in [3.8, 4) is 5.75 Å². The number of halogens is 1. The standard InChI is InChI=1S/C16H23ClO2/c1-11(10-16(2,3)4)8-14(18)13-9-12(17)6-7-15(13)19-5/h6-7,9,11H,8,10H2,1-5H3. The van der Waals surface area contributed by atoms with Crippen LogP contribution in [0.25, 0.3) is 0 Å². The van der Waals surface area contributed by atoms with Gasteiger partial charge in [0.2, 0.25) is 0 Å². The molecule has 0 heterocycles. The van der Waals surface area contributed by atoms with Gasteiger partial charge in [-0.05, 0) is 36.0 Å². The van der Waals surface area contributed by atoms with E-state index in [-0.39, 0.29) is 11.2 Å². The number of hydrogen-bond acceptors (Lipinski definition) is 2. The molecule has 3 heteroatoms. The van der Waals surface area contributed by atoms with Gasteiger partial charge >= 0.3 is 0 Å². The number of carbonyl (C=O) groups excluding carboxylic acids is 1. The van der Waals surface area contributed by atoms with Gasteiger partial charge in [-0.25, -0.2) is 0 Å². The van der Waals surface area contributed by atoms with Gasteiger partial charge in [0.1, 0.15) is 5.75 Å².